The summed E-state index contributed by atoms with van der Waals surface area (Å²) in [5.41, 5.74) is 0. The normalized spacial score (nSPS) is 10.1. The van der Waals surface area contributed by atoms with Crippen molar-refractivity contribution in [2.24, 2.45) is 0 Å². The van der Waals surface area contributed by atoms with E-state index in [1.54, 1.807) is 6.92 Å². The fraction of sp³-hybridized carbons (Fsp3) is 0.364. The first kappa shape index (κ1) is 13.9. The fourth-order valence-electron chi connectivity index (χ4n) is 1.18. The van der Waals surface area contributed by atoms with Crippen molar-refractivity contribution in [3.63, 3.8) is 0 Å². The molecule has 0 aliphatic carbocycles. The summed E-state index contributed by atoms with van der Waals surface area (Å²) in [6.45, 7) is 2.32. The zero-order valence-corrected chi connectivity index (χ0v) is 10.8. The van der Waals surface area contributed by atoms with Gasteiger partial charge in [0.1, 0.15) is 0 Å². The Morgan fingerprint density at radius 2 is 2.18 bits per heavy atom. The van der Waals surface area contributed by atoms with Crippen LogP contribution in [-0.4, -0.2) is 19.1 Å². The van der Waals surface area contributed by atoms with E-state index in [9.17, 15) is 13.6 Å². The monoisotopic (exact) mass is 307 g/mol. The van der Waals surface area contributed by atoms with Crippen LogP contribution in [0.3, 0.4) is 0 Å². The lowest BCUT2D eigenvalue weighted by molar-refractivity contribution is -0.121. The van der Waals surface area contributed by atoms with Crippen LogP contribution in [0.25, 0.3) is 0 Å². The van der Waals surface area contributed by atoms with Crippen molar-refractivity contribution >= 4 is 21.8 Å². The van der Waals surface area contributed by atoms with Gasteiger partial charge in [-0.25, -0.2) is 4.39 Å². The van der Waals surface area contributed by atoms with Crippen LogP contribution in [0.1, 0.15) is 13.3 Å². The smallest absolute Gasteiger partial charge is 0.223 e. The lowest BCUT2D eigenvalue weighted by atomic mass is 10.3. The highest BCUT2D eigenvalue weighted by Crippen LogP contribution is 2.25. The van der Waals surface area contributed by atoms with Crippen molar-refractivity contribution in [2.75, 3.05) is 13.2 Å². The summed E-state index contributed by atoms with van der Waals surface area (Å²) in [6, 6.07) is 2.32. The van der Waals surface area contributed by atoms with Crippen molar-refractivity contribution in [2.45, 2.75) is 13.3 Å². The van der Waals surface area contributed by atoms with E-state index in [1.807, 2.05) is 0 Å². The molecule has 6 heteroatoms. The minimum atomic E-state index is -1.05. The maximum atomic E-state index is 13.2. The van der Waals surface area contributed by atoms with Crippen LogP contribution in [0.5, 0.6) is 5.75 Å². The van der Waals surface area contributed by atoms with E-state index in [0.29, 0.717) is 11.0 Å². The topological polar surface area (TPSA) is 38.3 Å². The SMILES string of the molecule is CCNC(=O)CCOc1cc(Br)cc(F)c1F. The van der Waals surface area contributed by atoms with Gasteiger partial charge in [0.25, 0.3) is 0 Å². The van der Waals surface area contributed by atoms with Gasteiger partial charge in [-0.05, 0) is 19.1 Å². The van der Waals surface area contributed by atoms with Gasteiger partial charge in [0.05, 0.1) is 13.0 Å². The van der Waals surface area contributed by atoms with E-state index in [0.717, 1.165) is 6.07 Å². The lowest BCUT2D eigenvalue weighted by Gasteiger charge is -2.08. The molecule has 1 N–H and O–H groups in total. The fourth-order valence-corrected chi connectivity index (χ4v) is 1.59. The third kappa shape index (κ3) is 4.30. The van der Waals surface area contributed by atoms with E-state index in [1.165, 1.54) is 6.07 Å². The first-order valence-electron chi connectivity index (χ1n) is 5.08. The number of hydrogen-bond donors (Lipinski definition) is 1. The average Bonchev–Trinajstić information content (AvgIpc) is 2.25. The van der Waals surface area contributed by atoms with Crippen LogP contribution in [0.2, 0.25) is 0 Å². The van der Waals surface area contributed by atoms with E-state index in [4.69, 9.17) is 4.74 Å². The maximum absolute atomic E-state index is 13.2. The Kier molecular flexibility index (Phi) is 5.34. The molecule has 0 unspecified atom stereocenters. The zero-order valence-electron chi connectivity index (χ0n) is 9.23. The highest BCUT2D eigenvalue weighted by Gasteiger charge is 2.11. The molecular formula is C11H12BrF2NO2. The second-order valence-electron chi connectivity index (χ2n) is 3.25. The Bertz CT molecular complexity index is 413. The van der Waals surface area contributed by atoms with E-state index in [-0.39, 0.29) is 24.7 Å². The third-order valence-corrected chi connectivity index (χ3v) is 2.38. The Balaban J connectivity index is 2.55. The summed E-state index contributed by atoms with van der Waals surface area (Å²) in [6.07, 6.45) is 0.0986. The van der Waals surface area contributed by atoms with Gasteiger partial charge >= 0.3 is 0 Å². The number of carbonyl (C=O) groups excluding carboxylic acids is 1. The molecule has 0 heterocycles. The molecule has 1 amide bonds. The average molecular weight is 308 g/mol. The number of carbonyl (C=O) groups is 1. The first-order valence-corrected chi connectivity index (χ1v) is 5.88. The summed E-state index contributed by atoms with van der Waals surface area (Å²) >= 11 is 3.03. The number of halogens is 3. The molecule has 1 aromatic rings. The zero-order chi connectivity index (χ0) is 12.8. The third-order valence-electron chi connectivity index (χ3n) is 1.92. The number of benzene rings is 1. The highest BCUT2D eigenvalue weighted by atomic mass is 79.9. The molecule has 0 aliphatic heterocycles. The molecule has 94 valence electrons. The van der Waals surface area contributed by atoms with Crippen molar-refractivity contribution in [3.05, 3.63) is 28.2 Å². The predicted octanol–water partition coefficient (Wildman–Crippen LogP) is 2.63. The van der Waals surface area contributed by atoms with Crippen LogP contribution in [-0.2, 0) is 4.79 Å². The summed E-state index contributed by atoms with van der Waals surface area (Å²) < 4.78 is 31.6. The molecule has 1 aromatic carbocycles. The lowest BCUT2D eigenvalue weighted by Crippen LogP contribution is -2.24. The number of hydrogen-bond acceptors (Lipinski definition) is 2. The van der Waals surface area contributed by atoms with Gasteiger partial charge in [-0.1, -0.05) is 15.9 Å². The maximum Gasteiger partial charge on any atom is 0.223 e. The van der Waals surface area contributed by atoms with Crippen LogP contribution in [0.4, 0.5) is 8.78 Å². The summed E-state index contributed by atoms with van der Waals surface area (Å²) in [5.74, 6) is -2.44. The molecule has 0 aliphatic rings. The molecule has 0 aromatic heterocycles. The minimum absolute atomic E-state index is 0.00134. The first-order chi connectivity index (χ1) is 8.04. The Hall–Kier alpha value is -1.17. The Morgan fingerprint density at radius 3 is 2.82 bits per heavy atom. The Morgan fingerprint density at radius 1 is 1.47 bits per heavy atom. The predicted molar refractivity (Wildman–Crippen MR) is 62.9 cm³/mol. The molecule has 0 saturated carbocycles. The quantitative estimate of drug-likeness (QED) is 0.849. The molecule has 1 rings (SSSR count). The molecule has 0 saturated heterocycles. The van der Waals surface area contributed by atoms with Crippen molar-refractivity contribution in [3.8, 4) is 5.75 Å². The van der Waals surface area contributed by atoms with Gasteiger partial charge in [0, 0.05) is 11.0 Å². The number of amides is 1. The van der Waals surface area contributed by atoms with Crippen molar-refractivity contribution in [1.29, 1.82) is 0 Å². The second-order valence-corrected chi connectivity index (χ2v) is 4.17. The molecule has 0 spiro atoms. The van der Waals surface area contributed by atoms with Crippen LogP contribution < -0.4 is 10.1 Å². The van der Waals surface area contributed by atoms with Gasteiger partial charge in [0.2, 0.25) is 11.7 Å². The molecule has 0 fully saturated rings. The van der Waals surface area contributed by atoms with E-state index < -0.39 is 11.6 Å². The van der Waals surface area contributed by atoms with Crippen LogP contribution >= 0.6 is 15.9 Å². The standard InChI is InChI=1S/C11H12BrF2NO2/c1-2-15-10(16)3-4-17-9-6-7(12)5-8(13)11(9)14/h5-6H,2-4H2,1H3,(H,15,16). The van der Waals surface area contributed by atoms with Crippen molar-refractivity contribution < 1.29 is 18.3 Å². The largest absolute Gasteiger partial charge is 0.490 e. The molecule has 0 radical (unpaired) electrons. The van der Waals surface area contributed by atoms with Crippen LogP contribution in [0, 0.1) is 11.6 Å². The van der Waals surface area contributed by atoms with Crippen molar-refractivity contribution in [1.82, 2.24) is 5.32 Å². The molecule has 3 nitrogen and oxygen atoms in total. The minimum Gasteiger partial charge on any atom is -0.490 e. The molecule has 0 atom stereocenters. The number of nitrogens with one attached hydrogen (secondary N) is 1. The summed E-state index contributed by atoms with van der Waals surface area (Å²) in [4.78, 5) is 11.1. The van der Waals surface area contributed by atoms with E-state index >= 15 is 0 Å². The number of rotatable bonds is 5. The van der Waals surface area contributed by atoms with Gasteiger partial charge in [-0.3, -0.25) is 4.79 Å². The molecule has 17 heavy (non-hydrogen) atoms. The molecule has 0 bridgehead atoms. The second kappa shape index (κ2) is 6.54. The van der Waals surface area contributed by atoms with E-state index in [2.05, 4.69) is 21.2 Å². The Labute approximate surface area is 106 Å². The van der Waals surface area contributed by atoms with Gasteiger partial charge in [0.15, 0.2) is 11.6 Å². The highest BCUT2D eigenvalue weighted by molar-refractivity contribution is 9.10. The summed E-state index contributed by atoms with van der Waals surface area (Å²) in [5, 5.41) is 2.57. The van der Waals surface area contributed by atoms with Gasteiger partial charge in [-0.15, -0.1) is 0 Å². The van der Waals surface area contributed by atoms with Gasteiger partial charge in [-0.2, -0.15) is 4.39 Å². The number of ether oxygens (including phenoxy) is 1. The van der Waals surface area contributed by atoms with Crippen LogP contribution in [0.15, 0.2) is 16.6 Å². The molecular weight excluding hydrogens is 296 g/mol. The summed E-state index contributed by atoms with van der Waals surface area (Å²) in [7, 11) is 0. The van der Waals surface area contributed by atoms with Gasteiger partial charge < -0.3 is 10.1 Å².